The first-order valence-electron chi connectivity index (χ1n) is 7.58. The Kier molecular flexibility index (Phi) is 3.89. The maximum absolute atomic E-state index is 9.46. The Hall–Kier alpha value is -2.66. The molecule has 0 atom stereocenters. The van der Waals surface area contributed by atoms with Crippen LogP contribution in [0.3, 0.4) is 0 Å². The second-order valence-corrected chi connectivity index (χ2v) is 5.58. The normalized spacial score (nSPS) is 10.6. The van der Waals surface area contributed by atoms with Gasteiger partial charge in [-0.1, -0.05) is 42.8 Å². The van der Waals surface area contributed by atoms with E-state index in [0.717, 1.165) is 29.3 Å². The van der Waals surface area contributed by atoms with Gasteiger partial charge in [0, 0.05) is 11.6 Å². The molecule has 3 rings (SSSR count). The van der Waals surface area contributed by atoms with E-state index >= 15 is 0 Å². The Bertz CT molecular complexity index is 872. The molecule has 0 aliphatic heterocycles. The lowest BCUT2D eigenvalue weighted by Crippen LogP contribution is -1.99. The molecule has 108 valence electrons. The van der Waals surface area contributed by atoms with Crippen LogP contribution in [-0.2, 0) is 12.8 Å². The van der Waals surface area contributed by atoms with E-state index in [2.05, 4.69) is 61.3 Å². The van der Waals surface area contributed by atoms with Crippen molar-refractivity contribution in [2.24, 2.45) is 0 Å². The van der Waals surface area contributed by atoms with Crippen LogP contribution in [0.25, 0.3) is 10.9 Å². The second kappa shape index (κ2) is 5.99. The lowest BCUT2D eigenvalue weighted by Gasteiger charge is -2.12. The van der Waals surface area contributed by atoms with Crippen LogP contribution in [0.2, 0.25) is 0 Å². The van der Waals surface area contributed by atoms with Crippen LogP contribution in [0.15, 0.2) is 48.7 Å². The molecule has 0 N–H and O–H groups in total. The highest BCUT2D eigenvalue weighted by molar-refractivity contribution is 5.85. The molecule has 0 spiro atoms. The summed E-state index contributed by atoms with van der Waals surface area (Å²) >= 11 is 0. The third-order valence-electron chi connectivity index (χ3n) is 4.12. The van der Waals surface area contributed by atoms with E-state index in [-0.39, 0.29) is 0 Å². The van der Waals surface area contributed by atoms with Gasteiger partial charge in [0.25, 0.3) is 0 Å². The van der Waals surface area contributed by atoms with Crippen LogP contribution >= 0.6 is 0 Å². The minimum atomic E-state index is 0.670. The van der Waals surface area contributed by atoms with Gasteiger partial charge in [0.2, 0.25) is 0 Å². The number of benzene rings is 2. The molecule has 0 aliphatic carbocycles. The smallest absolute Gasteiger partial charge is 0.101 e. The van der Waals surface area contributed by atoms with Gasteiger partial charge in [0.1, 0.15) is 6.07 Å². The third kappa shape index (κ3) is 2.58. The van der Waals surface area contributed by atoms with Gasteiger partial charge in [-0.25, -0.2) is 0 Å². The Morgan fingerprint density at radius 1 is 1.09 bits per heavy atom. The standard InChI is InChI=1S/C20H18N2/c1-3-15-6-4-5-7-16(15)11-18-17(12-21)13-22-20-9-8-14(2)10-19(18)20/h4-10,13H,3,11H2,1-2H3. The zero-order valence-electron chi connectivity index (χ0n) is 12.9. The fourth-order valence-electron chi connectivity index (χ4n) is 2.91. The highest BCUT2D eigenvalue weighted by atomic mass is 14.7. The van der Waals surface area contributed by atoms with E-state index in [1.54, 1.807) is 6.20 Å². The number of pyridine rings is 1. The zero-order valence-corrected chi connectivity index (χ0v) is 12.9. The van der Waals surface area contributed by atoms with E-state index in [0.29, 0.717) is 5.56 Å². The predicted molar refractivity (Wildman–Crippen MR) is 89.8 cm³/mol. The molecular formula is C20H18N2. The fourth-order valence-corrected chi connectivity index (χ4v) is 2.91. The molecule has 2 nitrogen and oxygen atoms in total. The molecule has 0 aliphatic rings. The summed E-state index contributed by atoms with van der Waals surface area (Å²) in [4.78, 5) is 4.42. The molecule has 3 aromatic rings. The molecule has 2 heteroatoms. The predicted octanol–water partition coefficient (Wildman–Crippen LogP) is 4.57. The maximum Gasteiger partial charge on any atom is 0.101 e. The summed E-state index contributed by atoms with van der Waals surface area (Å²) in [5, 5.41) is 10.5. The van der Waals surface area contributed by atoms with Crippen LogP contribution in [-0.4, -0.2) is 4.98 Å². The van der Waals surface area contributed by atoms with Crippen molar-refractivity contribution in [3.63, 3.8) is 0 Å². The monoisotopic (exact) mass is 286 g/mol. The Labute approximate surface area is 131 Å². The number of hydrogen-bond donors (Lipinski definition) is 0. The fraction of sp³-hybridized carbons (Fsp3) is 0.200. The molecule has 2 aromatic carbocycles. The first-order valence-corrected chi connectivity index (χ1v) is 7.58. The molecule has 0 amide bonds. The summed E-state index contributed by atoms with van der Waals surface area (Å²) < 4.78 is 0. The van der Waals surface area contributed by atoms with E-state index in [4.69, 9.17) is 0 Å². The molecule has 0 fully saturated rings. The third-order valence-corrected chi connectivity index (χ3v) is 4.12. The van der Waals surface area contributed by atoms with Gasteiger partial charge in [-0.3, -0.25) is 4.98 Å². The molecule has 0 saturated carbocycles. The first kappa shape index (κ1) is 14.3. The summed E-state index contributed by atoms with van der Waals surface area (Å²) in [6.07, 6.45) is 3.47. The molecular weight excluding hydrogens is 268 g/mol. The first-order chi connectivity index (χ1) is 10.7. The Morgan fingerprint density at radius 2 is 1.86 bits per heavy atom. The van der Waals surface area contributed by atoms with Crippen molar-refractivity contribution in [3.05, 3.63) is 76.5 Å². The van der Waals surface area contributed by atoms with Crippen molar-refractivity contribution in [1.82, 2.24) is 4.98 Å². The minimum absolute atomic E-state index is 0.670. The molecule has 22 heavy (non-hydrogen) atoms. The van der Waals surface area contributed by atoms with E-state index < -0.39 is 0 Å². The molecule has 0 saturated heterocycles. The summed E-state index contributed by atoms with van der Waals surface area (Å²) in [7, 11) is 0. The van der Waals surface area contributed by atoms with Crippen molar-refractivity contribution < 1.29 is 0 Å². The quantitative estimate of drug-likeness (QED) is 0.707. The topological polar surface area (TPSA) is 36.7 Å². The van der Waals surface area contributed by atoms with Gasteiger partial charge in [0.15, 0.2) is 0 Å². The zero-order chi connectivity index (χ0) is 15.5. The number of rotatable bonds is 3. The average Bonchev–Trinajstić information content (AvgIpc) is 2.55. The summed E-state index contributed by atoms with van der Waals surface area (Å²) in [5.41, 5.74) is 6.52. The van der Waals surface area contributed by atoms with Gasteiger partial charge in [-0.05, 0) is 48.6 Å². The Morgan fingerprint density at radius 3 is 2.59 bits per heavy atom. The van der Waals surface area contributed by atoms with Crippen LogP contribution in [0, 0.1) is 18.3 Å². The summed E-state index contributed by atoms with van der Waals surface area (Å²) in [6.45, 7) is 4.24. The largest absolute Gasteiger partial charge is 0.255 e. The SMILES string of the molecule is CCc1ccccc1Cc1c(C#N)cnc2ccc(C)cc12. The number of aryl methyl sites for hydroxylation is 2. The van der Waals surface area contributed by atoms with Crippen LogP contribution in [0.1, 0.15) is 34.7 Å². The van der Waals surface area contributed by atoms with E-state index in [1.807, 2.05) is 6.07 Å². The molecule has 0 radical (unpaired) electrons. The minimum Gasteiger partial charge on any atom is -0.255 e. The van der Waals surface area contributed by atoms with Crippen LogP contribution in [0.4, 0.5) is 0 Å². The van der Waals surface area contributed by atoms with E-state index in [1.165, 1.54) is 16.7 Å². The number of hydrogen-bond acceptors (Lipinski definition) is 2. The van der Waals surface area contributed by atoms with Gasteiger partial charge >= 0.3 is 0 Å². The average molecular weight is 286 g/mol. The maximum atomic E-state index is 9.46. The van der Waals surface area contributed by atoms with Crippen molar-refractivity contribution in [2.75, 3.05) is 0 Å². The highest BCUT2D eigenvalue weighted by Gasteiger charge is 2.11. The van der Waals surface area contributed by atoms with Crippen molar-refractivity contribution in [1.29, 1.82) is 5.26 Å². The summed E-state index contributed by atoms with van der Waals surface area (Å²) in [6, 6.07) is 17.0. The number of aromatic nitrogens is 1. The highest BCUT2D eigenvalue weighted by Crippen LogP contribution is 2.25. The molecule has 1 heterocycles. The van der Waals surface area contributed by atoms with Crippen LogP contribution in [0.5, 0.6) is 0 Å². The van der Waals surface area contributed by atoms with Gasteiger partial charge in [0.05, 0.1) is 11.1 Å². The van der Waals surface area contributed by atoms with Crippen molar-refractivity contribution >= 4 is 10.9 Å². The molecule has 1 aromatic heterocycles. The van der Waals surface area contributed by atoms with Gasteiger partial charge in [-0.15, -0.1) is 0 Å². The Balaban J connectivity index is 2.20. The number of nitrogens with zero attached hydrogens (tertiary/aromatic N) is 2. The van der Waals surface area contributed by atoms with Gasteiger partial charge in [-0.2, -0.15) is 5.26 Å². The van der Waals surface area contributed by atoms with Crippen molar-refractivity contribution in [3.8, 4) is 6.07 Å². The second-order valence-electron chi connectivity index (χ2n) is 5.58. The summed E-state index contributed by atoms with van der Waals surface area (Å²) in [5.74, 6) is 0. The lowest BCUT2D eigenvalue weighted by atomic mass is 9.93. The molecule has 0 bridgehead atoms. The van der Waals surface area contributed by atoms with Crippen LogP contribution < -0.4 is 0 Å². The number of nitriles is 1. The van der Waals surface area contributed by atoms with E-state index in [9.17, 15) is 5.26 Å². The molecule has 0 unspecified atom stereocenters. The van der Waals surface area contributed by atoms with Gasteiger partial charge < -0.3 is 0 Å². The van der Waals surface area contributed by atoms with Crippen molar-refractivity contribution in [2.45, 2.75) is 26.7 Å². The number of fused-ring (bicyclic) bond motifs is 1. The lowest BCUT2D eigenvalue weighted by molar-refractivity contribution is 1.06.